The van der Waals surface area contributed by atoms with Gasteiger partial charge in [-0.15, -0.1) is 0 Å². The highest BCUT2D eigenvalue weighted by atomic mass is 16.7. The van der Waals surface area contributed by atoms with E-state index in [9.17, 15) is 9.59 Å². The third-order valence-electron chi connectivity index (χ3n) is 4.76. The third-order valence-corrected chi connectivity index (χ3v) is 4.76. The fourth-order valence-corrected chi connectivity index (χ4v) is 3.34. The summed E-state index contributed by atoms with van der Waals surface area (Å²) in [7, 11) is 0. The van der Waals surface area contributed by atoms with Gasteiger partial charge in [0.15, 0.2) is 0 Å². The van der Waals surface area contributed by atoms with Gasteiger partial charge in [0.2, 0.25) is 11.5 Å². The van der Waals surface area contributed by atoms with E-state index in [1.54, 1.807) is 6.92 Å². The number of hydrogen-bond acceptors (Lipinski definition) is 6. The Morgan fingerprint density at radius 1 is 1.27 bits per heavy atom. The Hall–Kier alpha value is -2.50. The number of allylic oxidation sites excluding steroid dienone is 1. The Balaban J connectivity index is 1.65. The lowest BCUT2D eigenvalue weighted by atomic mass is 9.80. The lowest BCUT2D eigenvalue weighted by Crippen LogP contribution is -2.43. The van der Waals surface area contributed by atoms with E-state index in [0.29, 0.717) is 25.0 Å². The van der Waals surface area contributed by atoms with Crippen LogP contribution in [-0.2, 0) is 19.0 Å². The lowest BCUT2D eigenvalue weighted by Gasteiger charge is -2.36. The van der Waals surface area contributed by atoms with Gasteiger partial charge in [0.25, 0.3) is 0 Å². The second-order valence-corrected chi connectivity index (χ2v) is 6.73. The first-order valence-electron chi connectivity index (χ1n) is 8.96. The van der Waals surface area contributed by atoms with E-state index in [0.717, 1.165) is 11.1 Å². The number of hydrogen-bond donors (Lipinski definition) is 0. The second kappa shape index (κ2) is 7.81. The molecule has 0 bridgehead atoms. The van der Waals surface area contributed by atoms with Gasteiger partial charge in [-0.3, -0.25) is 4.79 Å². The summed E-state index contributed by atoms with van der Waals surface area (Å²) < 4.78 is 21.6. The van der Waals surface area contributed by atoms with Gasteiger partial charge < -0.3 is 18.9 Å². The van der Waals surface area contributed by atoms with Crippen LogP contribution in [0.25, 0.3) is 0 Å². The molecule has 1 fully saturated rings. The predicted molar refractivity (Wildman–Crippen MR) is 93.7 cm³/mol. The highest BCUT2D eigenvalue weighted by Gasteiger charge is 2.42. The molecule has 0 aromatic heterocycles. The van der Waals surface area contributed by atoms with E-state index in [-0.39, 0.29) is 36.3 Å². The summed E-state index contributed by atoms with van der Waals surface area (Å²) in [5.41, 5.74) is 2.02. The molecule has 0 amide bonds. The maximum atomic E-state index is 12.8. The fraction of sp³-hybridized carbons (Fsp3) is 0.500. The largest absolute Gasteiger partial charge is 0.508 e. The van der Waals surface area contributed by atoms with Crippen LogP contribution >= 0.6 is 0 Å². The van der Waals surface area contributed by atoms with Crippen molar-refractivity contribution in [3.63, 3.8) is 0 Å². The lowest BCUT2D eigenvalue weighted by molar-refractivity contribution is -0.132. The normalized spacial score (nSPS) is 24.8. The molecule has 2 aliphatic rings. The van der Waals surface area contributed by atoms with Crippen LogP contribution in [0.4, 0.5) is 4.79 Å². The van der Waals surface area contributed by atoms with Crippen molar-refractivity contribution in [2.24, 2.45) is 5.92 Å². The van der Waals surface area contributed by atoms with Crippen LogP contribution in [0.3, 0.4) is 0 Å². The first kappa shape index (κ1) is 18.3. The molecule has 0 radical (unpaired) electrons. The molecule has 1 aromatic carbocycles. The van der Waals surface area contributed by atoms with Gasteiger partial charge in [-0.1, -0.05) is 12.1 Å². The number of aryl methyl sites for hydroxylation is 2. The average Bonchev–Trinajstić information content (AvgIpc) is 2.60. The summed E-state index contributed by atoms with van der Waals surface area (Å²) in [6.45, 7) is 5.91. The third kappa shape index (κ3) is 4.00. The zero-order valence-corrected chi connectivity index (χ0v) is 15.3. The first-order valence-corrected chi connectivity index (χ1v) is 8.96. The van der Waals surface area contributed by atoms with Crippen molar-refractivity contribution in [2.75, 3.05) is 6.61 Å². The number of benzene rings is 1. The van der Waals surface area contributed by atoms with Crippen molar-refractivity contribution < 1.29 is 28.5 Å². The number of ether oxygens (including phenoxy) is 4. The van der Waals surface area contributed by atoms with E-state index in [4.69, 9.17) is 18.9 Å². The smallest absolute Gasteiger partial charge is 0.493 e. The zero-order valence-electron chi connectivity index (χ0n) is 15.3. The molecular formula is C20H24O6. The van der Waals surface area contributed by atoms with Gasteiger partial charge in [-0.25, -0.2) is 4.79 Å². The molecule has 6 nitrogen and oxygen atoms in total. The van der Waals surface area contributed by atoms with Crippen LogP contribution in [0.2, 0.25) is 0 Å². The molecule has 140 valence electrons. The summed E-state index contributed by atoms with van der Waals surface area (Å²) in [5, 5.41) is 0. The number of fused-ring (bicyclic) bond motifs is 1. The maximum absolute atomic E-state index is 12.8. The van der Waals surface area contributed by atoms with Gasteiger partial charge in [0, 0.05) is 6.42 Å². The van der Waals surface area contributed by atoms with E-state index in [2.05, 4.69) is 0 Å². The molecule has 1 heterocycles. The number of rotatable bonds is 4. The molecule has 1 aliphatic carbocycles. The van der Waals surface area contributed by atoms with E-state index in [1.807, 2.05) is 32.0 Å². The molecule has 6 heteroatoms. The van der Waals surface area contributed by atoms with Crippen molar-refractivity contribution >= 4 is 11.9 Å². The topological polar surface area (TPSA) is 71.1 Å². The molecule has 3 unspecified atom stereocenters. The van der Waals surface area contributed by atoms with E-state index in [1.165, 1.54) is 6.26 Å². The minimum atomic E-state index is -0.674. The van der Waals surface area contributed by atoms with Crippen molar-refractivity contribution in [3.8, 4) is 5.75 Å². The minimum Gasteiger partial charge on any atom is -0.493 e. The monoisotopic (exact) mass is 360 g/mol. The molecule has 0 saturated heterocycles. The summed E-state index contributed by atoms with van der Waals surface area (Å²) in [6, 6.07) is 5.86. The fourth-order valence-electron chi connectivity index (χ4n) is 3.34. The summed E-state index contributed by atoms with van der Waals surface area (Å²) in [4.78, 5) is 24.3. The molecule has 1 saturated carbocycles. The Morgan fingerprint density at radius 3 is 2.85 bits per heavy atom. The van der Waals surface area contributed by atoms with E-state index < -0.39 is 6.16 Å². The number of ketones is 1. The molecule has 0 spiro atoms. The van der Waals surface area contributed by atoms with Gasteiger partial charge in [-0.05, 0) is 50.8 Å². The molecular weight excluding hydrogens is 336 g/mol. The highest BCUT2D eigenvalue weighted by Crippen LogP contribution is 2.35. The van der Waals surface area contributed by atoms with Crippen molar-refractivity contribution in [1.29, 1.82) is 0 Å². The maximum Gasteiger partial charge on any atom is 0.508 e. The molecule has 1 aliphatic heterocycles. The Bertz CT molecular complexity index is 723. The zero-order chi connectivity index (χ0) is 18.7. The van der Waals surface area contributed by atoms with Gasteiger partial charge in [0.05, 0.1) is 12.5 Å². The Labute approximate surface area is 153 Å². The summed E-state index contributed by atoms with van der Waals surface area (Å²) >= 11 is 0. The first-order chi connectivity index (χ1) is 12.5. The molecule has 1 aromatic rings. The predicted octanol–water partition coefficient (Wildman–Crippen LogP) is 3.83. The van der Waals surface area contributed by atoms with Crippen LogP contribution in [0.1, 0.15) is 37.3 Å². The van der Waals surface area contributed by atoms with Gasteiger partial charge in [0.1, 0.15) is 24.2 Å². The van der Waals surface area contributed by atoms with Crippen molar-refractivity contribution in [3.05, 3.63) is 41.3 Å². The average molecular weight is 360 g/mol. The van der Waals surface area contributed by atoms with E-state index >= 15 is 0 Å². The molecule has 3 atom stereocenters. The molecule has 26 heavy (non-hydrogen) atoms. The SMILES string of the molecule is CCOC(=O)OC1CCC2C(=O)C(Oc3cc(C)ccc3C)=COC2C1. The standard InChI is InChI=1S/C20H24O6/c1-4-23-20(22)25-14-7-8-15-17(10-14)24-11-18(19(15)21)26-16-9-12(2)5-6-13(16)3/h5-6,9,11,14-15,17H,4,7-8,10H2,1-3H3. The minimum absolute atomic E-state index is 0.0586. The highest BCUT2D eigenvalue weighted by molar-refractivity contribution is 5.96. The molecule has 0 N–H and O–H groups in total. The molecule has 3 rings (SSSR count). The van der Waals surface area contributed by atoms with Crippen molar-refractivity contribution in [2.45, 2.75) is 52.2 Å². The summed E-state index contributed by atoms with van der Waals surface area (Å²) in [6.07, 6.45) is 1.78. The van der Waals surface area contributed by atoms with Gasteiger partial charge >= 0.3 is 6.16 Å². The van der Waals surface area contributed by atoms with Crippen LogP contribution in [0.15, 0.2) is 30.2 Å². The number of Topliss-reactive ketones (excluding diaryl/α,β-unsaturated/α-hetero) is 1. The Kier molecular flexibility index (Phi) is 5.49. The van der Waals surface area contributed by atoms with Crippen LogP contribution in [-0.4, -0.2) is 30.8 Å². The van der Waals surface area contributed by atoms with Crippen LogP contribution < -0.4 is 4.74 Å². The summed E-state index contributed by atoms with van der Waals surface area (Å²) in [5.74, 6) is 0.551. The number of carbonyl (C=O) groups is 2. The second-order valence-electron chi connectivity index (χ2n) is 6.73. The van der Waals surface area contributed by atoms with Crippen LogP contribution in [0.5, 0.6) is 5.75 Å². The van der Waals surface area contributed by atoms with Gasteiger partial charge in [-0.2, -0.15) is 0 Å². The van der Waals surface area contributed by atoms with Crippen LogP contribution in [0, 0.1) is 19.8 Å². The Morgan fingerprint density at radius 2 is 2.08 bits per heavy atom. The quantitative estimate of drug-likeness (QED) is 0.760. The number of carbonyl (C=O) groups excluding carboxylic acids is 2. The van der Waals surface area contributed by atoms with Crippen molar-refractivity contribution in [1.82, 2.24) is 0 Å².